The van der Waals surface area contributed by atoms with Crippen LogP contribution < -0.4 is 10.7 Å². The van der Waals surface area contributed by atoms with E-state index in [9.17, 15) is 29.3 Å². The molecule has 1 aliphatic rings. The van der Waals surface area contributed by atoms with Crippen molar-refractivity contribution in [2.45, 2.75) is 13.3 Å². The molecule has 33 heavy (non-hydrogen) atoms. The summed E-state index contributed by atoms with van der Waals surface area (Å²) in [6.45, 7) is 1.01. The van der Waals surface area contributed by atoms with Crippen LogP contribution in [0.5, 0.6) is 0 Å². The van der Waals surface area contributed by atoms with E-state index in [4.69, 9.17) is 16.3 Å². The third kappa shape index (κ3) is 5.83. The van der Waals surface area contributed by atoms with Crippen LogP contribution in [-0.4, -0.2) is 46.8 Å². The SMILES string of the molecule is Cc1ccc(Cl)cc1NC(=O)COC(=O)[C@H]1CC(=O)N(NC(=O)c2ccccc2[N+](=O)[O-])C1. The van der Waals surface area contributed by atoms with Gasteiger partial charge in [-0.3, -0.25) is 39.7 Å². The van der Waals surface area contributed by atoms with Gasteiger partial charge in [-0.1, -0.05) is 29.8 Å². The van der Waals surface area contributed by atoms with E-state index in [1.807, 2.05) is 0 Å². The molecular formula is C21H19ClN4O7. The first-order valence-electron chi connectivity index (χ1n) is 9.73. The Balaban J connectivity index is 1.54. The van der Waals surface area contributed by atoms with Crippen molar-refractivity contribution < 1.29 is 28.8 Å². The average Bonchev–Trinajstić information content (AvgIpc) is 3.14. The predicted molar refractivity (Wildman–Crippen MR) is 116 cm³/mol. The van der Waals surface area contributed by atoms with Gasteiger partial charge in [0, 0.05) is 23.2 Å². The third-order valence-corrected chi connectivity index (χ3v) is 5.09. The van der Waals surface area contributed by atoms with Crippen LogP contribution in [0.25, 0.3) is 0 Å². The summed E-state index contributed by atoms with van der Waals surface area (Å²) in [5.41, 5.74) is 2.87. The van der Waals surface area contributed by atoms with E-state index in [0.29, 0.717) is 10.7 Å². The van der Waals surface area contributed by atoms with Crippen LogP contribution in [0.1, 0.15) is 22.3 Å². The normalized spacial score (nSPS) is 15.2. The van der Waals surface area contributed by atoms with Crippen molar-refractivity contribution in [1.82, 2.24) is 10.4 Å². The third-order valence-electron chi connectivity index (χ3n) is 4.86. The summed E-state index contributed by atoms with van der Waals surface area (Å²) < 4.78 is 5.00. The van der Waals surface area contributed by atoms with Crippen molar-refractivity contribution in [3.05, 3.63) is 68.7 Å². The minimum Gasteiger partial charge on any atom is -0.455 e. The van der Waals surface area contributed by atoms with Crippen LogP contribution in [0.4, 0.5) is 11.4 Å². The fourth-order valence-corrected chi connectivity index (χ4v) is 3.32. The standard InChI is InChI=1S/C21H19ClN4O7/c1-12-6-7-14(22)9-16(12)23-18(27)11-33-21(30)13-8-19(28)25(10-13)24-20(29)15-4-2-3-5-17(15)26(31)32/h2-7,9,13H,8,10-11H2,1H3,(H,23,27)(H,24,29)/t13-/m0/s1. The Kier molecular flexibility index (Phi) is 7.23. The van der Waals surface area contributed by atoms with Gasteiger partial charge >= 0.3 is 5.97 Å². The topological polar surface area (TPSA) is 148 Å². The van der Waals surface area contributed by atoms with Crippen molar-refractivity contribution in [3.63, 3.8) is 0 Å². The van der Waals surface area contributed by atoms with E-state index in [2.05, 4.69) is 10.7 Å². The number of anilines is 1. The molecule has 0 aliphatic carbocycles. The summed E-state index contributed by atoms with van der Waals surface area (Å²) in [5.74, 6) is -3.71. The van der Waals surface area contributed by atoms with Crippen LogP contribution in [0.2, 0.25) is 5.02 Å². The molecule has 1 aliphatic heterocycles. The molecular weight excluding hydrogens is 456 g/mol. The molecule has 172 valence electrons. The molecule has 1 atom stereocenters. The minimum atomic E-state index is -0.913. The molecule has 3 rings (SSSR count). The number of para-hydroxylation sites is 1. The zero-order valence-corrected chi connectivity index (χ0v) is 18.1. The molecule has 0 aromatic heterocycles. The lowest BCUT2D eigenvalue weighted by atomic mass is 10.1. The molecule has 3 amide bonds. The maximum absolute atomic E-state index is 12.4. The van der Waals surface area contributed by atoms with Gasteiger partial charge in [0.2, 0.25) is 5.91 Å². The number of nitrogens with zero attached hydrogens (tertiary/aromatic N) is 2. The highest BCUT2D eigenvalue weighted by molar-refractivity contribution is 6.31. The van der Waals surface area contributed by atoms with Crippen LogP contribution in [-0.2, 0) is 19.1 Å². The number of hydrogen-bond acceptors (Lipinski definition) is 7. The van der Waals surface area contributed by atoms with Crippen LogP contribution >= 0.6 is 11.6 Å². The van der Waals surface area contributed by atoms with Gasteiger partial charge in [0.1, 0.15) is 5.56 Å². The molecule has 2 aromatic carbocycles. The molecule has 11 nitrogen and oxygen atoms in total. The summed E-state index contributed by atoms with van der Waals surface area (Å²) in [4.78, 5) is 59.4. The van der Waals surface area contributed by atoms with Gasteiger partial charge in [0.15, 0.2) is 6.61 Å². The summed E-state index contributed by atoms with van der Waals surface area (Å²) in [7, 11) is 0. The van der Waals surface area contributed by atoms with Crippen molar-refractivity contribution in [2.75, 3.05) is 18.5 Å². The summed E-state index contributed by atoms with van der Waals surface area (Å²) >= 11 is 5.90. The number of hydrogen-bond donors (Lipinski definition) is 2. The number of amides is 3. The number of aryl methyl sites for hydroxylation is 1. The van der Waals surface area contributed by atoms with Gasteiger partial charge < -0.3 is 10.1 Å². The Morgan fingerprint density at radius 1 is 1.24 bits per heavy atom. The Hall–Kier alpha value is -3.99. The number of nitrogens with one attached hydrogen (secondary N) is 2. The lowest BCUT2D eigenvalue weighted by molar-refractivity contribution is -0.385. The van der Waals surface area contributed by atoms with E-state index < -0.39 is 46.8 Å². The summed E-state index contributed by atoms with van der Waals surface area (Å²) in [6.07, 6.45) is -0.245. The molecule has 12 heteroatoms. The van der Waals surface area contributed by atoms with E-state index in [1.54, 1.807) is 25.1 Å². The molecule has 0 bridgehead atoms. The number of esters is 1. The van der Waals surface area contributed by atoms with Gasteiger partial charge in [-0.05, 0) is 30.7 Å². The Morgan fingerprint density at radius 3 is 2.70 bits per heavy atom. The molecule has 2 N–H and O–H groups in total. The number of halogens is 1. The van der Waals surface area contributed by atoms with E-state index >= 15 is 0 Å². The van der Waals surface area contributed by atoms with E-state index in [0.717, 1.165) is 16.6 Å². The Labute approximate surface area is 192 Å². The van der Waals surface area contributed by atoms with Gasteiger partial charge in [-0.2, -0.15) is 0 Å². The monoisotopic (exact) mass is 474 g/mol. The van der Waals surface area contributed by atoms with Crippen molar-refractivity contribution in [1.29, 1.82) is 0 Å². The predicted octanol–water partition coefficient (Wildman–Crippen LogP) is 2.23. The maximum atomic E-state index is 12.4. The largest absolute Gasteiger partial charge is 0.455 e. The number of carbonyl (C=O) groups excluding carboxylic acids is 4. The molecule has 0 spiro atoms. The van der Waals surface area contributed by atoms with E-state index in [1.165, 1.54) is 18.2 Å². The number of ether oxygens (including phenoxy) is 1. The van der Waals surface area contributed by atoms with Gasteiger partial charge in [0.25, 0.3) is 17.5 Å². The number of rotatable bonds is 7. The highest BCUT2D eigenvalue weighted by atomic mass is 35.5. The number of nitro groups is 1. The molecule has 0 saturated carbocycles. The Morgan fingerprint density at radius 2 is 1.97 bits per heavy atom. The fraction of sp³-hybridized carbons (Fsp3) is 0.238. The quantitative estimate of drug-likeness (QED) is 0.355. The zero-order valence-electron chi connectivity index (χ0n) is 17.4. The first kappa shape index (κ1) is 23.7. The van der Waals surface area contributed by atoms with Gasteiger partial charge in [0.05, 0.1) is 17.4 Å². The molecule has 1 saturated heterocycles. The molecule has 2 aromatic rings. The number of benzene rings is 2. The van der Waals surface area contributed by atoms with Crippen molar-refractivity contribution >= 4 is 46.7 Å². The van der Waals surface area contributed by atoms with Gasteiger partial charge in [-0.25, -0.2) is 0 Å². The number of nitro benzene ring substituents is 1. The molecule has 1 heterocycles. The number of carbonyl (C=O) groups is 4. The van der Waals surface area contributed by atoms with Crippen LogP contribution in [0.3, 0.4) is 0 Å². The van der Waals surface area contributed by atoms with Crippen LogP contribution in [0, 0.1) is 23.0 Å². The first-order chi connectivity index (χ1) is 15.7. The molecule has 0 unspecified atom stereocenters. The smallest absolute Gasteiger partial charge is 0.311 e. The lowest BCUT2D eigenvalue weighted by Gasteiger charge is -2.17. The highest BCUT2D eigenvalue weighted by Gasteiger charge is 2.37. The average molecular weight is 475 g/mol. The second-order valence-electron chi connectivity index (χ2n) is 7.24. The number of hydrazine groups is 1. The maximum Gasteiger partial charge on any atom is 0.311 e. The summed E-state index contributed by atoms with van der Waals surface area (Å²) in [5, 5.41) is 15.0. The molecule has 1 fully saturated rings. The minimum absolute atomic E-state index is 0.195. The van der Waals surface area contributed by atoms with Crippen molar-refractivity contribution in [2.24, 2.45) is 5.92 Å². The second-order valence-corrected chi connectivity index (χ2v) is 7.67. The fourth-order valence-electron chi connectivity index (χ4n) is 3.15. The van der Waals surface area contributed by atoms with E-state index in [-0.39, 0.29) is 18.5 Å². The lowest BCUT2D eigenvalue weighted by Crippen LogP contribution is -2.43. The van der Waals surface area contributed by atoms with Crippen LogP contribution in [0.15, 0.2) is 42.5 Å². The summed E-state index contributed by atoms with van der Waals surface area (Å²) in [6, 6.07) is 10.2. The zero-order chi connectivity index (χ0) is 24.1. The first-order valence-corrected chi connectivity index (χ1v) is 10.1. The molecule has 0 radical (unpaired) electrons. The van der Waals surface area contributed by atoms with Crippen molar-refractivity contribution in [3.8, 4) is 0 Å². The Bertz CT molecular complexity index is 1140. The highest BCUT2D eigenvalue weighted by Crippen LogP contribution is 2.22. The second kappa shape index (κ2) is 10.1. The van der Waals surface area contributed by atoms with Gasteiger partial charge in [-0.15, -0.1) is 0 Å².